The lowest BCUT2D eigenvalue weighted by atomic mass is 10.2. The van der Waals surface area contributed by atoms with E-state index in [2.05, 4.69) is 15.0 Å². The average Bonchev–Trinajstić information content (AvgIpc) is 3.49. The number of hydrogen-bond donors (Lipinski definition) is 1. The van der Waals surface area contributed by atoms with Gasteiger partial charge >= 0.3 is 6.09 Å². The molecule has 38 heavy (non-hydrogen) atoms. The molecular formula is C28H31FN4O5. The lowest BCUT2D eigenvalue weighted by Crippen LogP contribution is -2.42. The van der Waals surface area contributed by atoms with Crippen LogP contribution in [-0.4, -0.2) is 57.8 Å². The second-order valence-electron chi connectivity index (χ2n) is 10.4. The number of carbonyl (C=O) groups is 1. The summed E-state index contributed by atoms with van der Waals surface area (Å²) in [5.74, 6) is 0.681. The quantitative estimate of drug-likeness (QED) is 0.325. The zero-order valence-corrected chi connectivity index (χ0v) is 22.1. The molecule has 1 N–H and O–H groups in total. The van der Waals surface area contributed by atoms with Gasteiger partial charge in [0.05, 0.1) is 24.1 Å². The normalized spacial score (nSPS) is 15.7. The Morgan fingerprint density at radius 2 is 1.95 bits per heavy atom. The minimum Gasteiger partial charge on any atom is -0.493 e. The predicted octanol–water partition coefficient (Wildman–Crippen LogP) is 6.14. The molecule has 5 rings (SSSR count). The first-order valence-electron chi connectivity index (χ1n) is 12.5. The summed E-state index contributed by atoms with van der Waals surface area (Å²) in [5.41, 5.74) is 1.52. The first-order chi connectivity index (χ1) is 18.1. The number of aromatic nitrogens is 3. The molecule has 0 saturated carbocycles. The number of fused-ring (bicyclic) bond motifs is 2. The minimum atomic E-state index is -0.568. The number of benzene rings is 2. The van der Waals surface area contributed by atoms with Crippen molar-refractivity contribution in [3.05, 3.63) is 48.2 Å². The first kappa shape index (κ1) is 25.6. The fraction of sp³-hybridized carbons (Fsp3) is 0.393. The van der Waals surface area contributed by atoms with Gasteiger partial charge in [0.15, 0.2) is 23.1 Å². The van der Waals surface area contributed by atoms with Crippen molar-refractivity contribution >= 4 is 27.9 Å². The van der Waals surface area contributed by atoms with E-state index < -0.39 is 11.4 Å². The van der Waals surface area contributed by atoms with Crippen LogP contribution in [0.4, 0.5) is 9.18 Å². The van der Waals surface area contributed by atoms with Crippen molar-refractivity contribution in [1.82, 2.24) is 19.9 Å². The molecule has 1 aliphatic heterocycles. The van der Waals surface area contributed by atoms with E-state index in [1.165, 1.54) is 13.4 Å². The number of rotatable bonds is 6. The molecule has 4 aromatic rings. The first-order valence-corrected chi connectivity index (χ1v) is 12.5. The van der Waals surface area contributed by atoms with Gasteiger partial charge in [-0.3, -0.25) is 0 Å². The van der Waals surface area contributed by atoms with E-state index >= 15 is 4.39 Å². The molecule has 0 radical (unpaired) electrons. The molecule has 0 spiro atoms. The van der Waals surface area contributed by atoms with E-state index in [-0.39, 0.29) is 30.4 Å². The highest BCUT2D eigenvalue weighted by molar-refractivity contribution is 5.87. The molecule has 1 aliphatic rings. The maximum absolute atomic E-state index is 15.1. The van der Waals surface area contributed by atoms with Crippen molar-refractivity contribution in [2.75, 3.05) is 20.3 Å². The largest absolute Gasteiger partial charge is 0.493 e. The highest BCUT2D eigenvalue weighted by atomic mass is 19.1. The lowest BCUT2D eigenvalue weighted by molar-refractivity contribution is 0.0187. The number of aryl methyl sites for hydroxylation is 1. The predicted molar refractivity (Wildman–Crippen MR) is 141 cm³/mol. The molecule has 9 nitrogen and oxygen atoms in total. The monoisotopic (exact) mass is 522 g/mol. The molecule has 1 amide bonds. The van der Waals surface area contributed by atoms with E-state index in [4.69, 9.17) is 18.9 Å². The summed E-state index contributed by atoms with van der Waals surface area (Å²) in [5, 5.41) is 0.983. The molecule has 0 bridgehead atoms. The van der Waals surface area contributed by atoms with Crippen LogP contribution < -0.4 is 14.2 Å². The molecule has 0 aliphatic carbocycles. The second kappa shape index (κ2) is 10.00. The van der Waals surface area contributed by atoms with Crippen molar-refractivity contribution in [3.8, 4) is 23.1 Å². The van der Waals surface area contributed by atoms with Crippen LogP contribution in [0.1, 0.15) is 39.3 Å². The number of likely N-dealkylation sites (tertiary alicyclic amines) is 1. The van der Waals surface area contributed by atoms with Crippen LogP contribution in [0.15, 0.2) is 36.7 Å². The van der Waals surface area contributed by atoms with Gasteiger partial charge < -0.3 is 28.8 Å². The van der Waals surface area contributed by atoms with Gasteiger partial charge in [0.1, 0.15) is 18.5 Å². The number of carbonyl (C=O) groups excluding carboxylic acids is 1. The number of hydrogen-bond acceptors (Lipinski definition) is 7. The van der Waals surface area contributed by atoms with Crippen molar-refractivity contribution in [2.24, 2.45) is 0 Å². The summed E-state index contributed by atoms with van der Waals surface area (Å²) in [7, 11) is 1.53. The molecule has 0 unspecified atom stereocenters. The van der Waals surface area contributed by atoms with Gasteiger partial charge in [-0.15, -0.1) is 0 Å². The topological polar surface area (TPSA) is 98.8 Å². The highest BCUT2D eigenvalue weighted by Crippen LogP contribution is 2.38. The summed E-state index contributed by atoms with van der Waals surface area (Å²) in [6.07, 6.45) is 2.70. The van der Waals surface area contributed by atoms with Crippen LogP contribution in [0.3, 0.4) is 0 Å². The van der Waals surface area contributed by atoms with Gasteiger partial charge in [0, 0.05) is 29.2 Å². The van der Waals surface area contributed by atoms with Crippen molar-refractivity contribution in [2.45, 2.75) is 52.2 Å². The molecule has 3 heterocycles. The molecule has 10 heteroatoms. The Labute approximate surface area is 219 Å². The van der Waals surface area contributed by atoms with E-state index in [0.717, 1.165) is 18.5 Å². The number of nitrogens with one attached hydrogen (secondary N) is 1. The van der Waals surface area contributed by atoms with E-state index in [9.17, 15) is 4.79 Å². The smallest absolute Gasteiger partial charge is 0.410 e. The van der Waals surface area contributed by atoms with Crippen LogP contribution in [0.5, 0.6) is 23.1 Å². The minimum absolute atomic E-state index is 0.0549. The average molecular weight is 523 g/mol. The van der Waals surface area contributed by atoms with Crippen LogP contribution in [0, 0.1) is 12.7 Å². The summed E-state index contributed by atoms with van der Waals surface area (Å²) in [6.45, 7) is 8.30. The Morgan fingerprint density at radius 3 is 2.71 bits per heavy atom. The Bertz CT molecular complexity index is 1500. The number of aromatic amines is 1. The van der Waals surface area contributed by atoms with Gasteiger partial charge in [0.25, 0.3) is 0 Å². The zero-order valence-electron chi connectivity index (χ0n) is 22.1. The zero-order chi connectivity index (χ0) is 27.0. The Hall–Kier alpha value is -4.08. The summed E-state index contributed by atoms with van der Waals surface area (Å²) in [6, 6.07) is 8.37. The fourth-order valence-electron chi connectivity index (χ4n) is 4.62. The molecule has 1 saturated heterocycles. The van der Waals surface area contributed by atoms with E-state index in [1.54, 1.807) is 35.2 Å². The van der Waals surface area contributed by atoms with Crippen molar-refractivity contribution in [3.63, 3.8) is 0 Å². The summed E-state index contributed by atoms with van der Waals surface area (Å²) >= 11 is 0. The number of H-pyrrole nitrogens is 1. The van der Waals surface area contributed by atoms with Crippen LogP contribution in [0.2, 0.25) is 0 Å². The third kappa shape index (κ3) is 5.16. The number of amides is 1. The number of ether oxygens (including phenoxy) is 4. The van der Waals surface area contributed by atoms with Crippen LogP contribution in [-0.2, 0) is 4.74 Å². The summed E-state index contributed by atoms with van der Waals surface area (Å²) < 4.78 is 38.3. The molecule has 1 fully saturated rings. The highest BCUT2D eigenvalue weighted by Gasteiger charge is 2.33. The van der Waals surface area contributed by atoms with Gasteiger partial charge in [-0.05, 0) is 64.8 Å². The third-order valence-electron chi connectivity index (χ3n) is 6.36. The standard InChI is InChI=1S/C28H31FN4O5/c1-16-11-18-20(32-16)8-9-22(25(18)29)37-26-19-12-23(35-5)24(13-21(19)30-15-31-26)36-14-17-7-6-10-33(17)27(34)38-28(2,3)4/h8-9,11-13,15,17,32H,6-7,10,14H2,1-5H3/t17-/m0/s1. The molecule has 200 valence electrons. The van der Waals surface area contributed by atoms with Gasteiger partial charge in [-0.1, -0.05) is 0 Å². The molecule has 1 atom stereocenters. The summed E-state index contributed by atoms with van der Waals surface area (Å²) in [4.78, 5) is 26.0. The number of halogens is 1. The molecular weight excluding hydrogens is 491 g/mol. The number of methoxy groups -OCH3 is 1. The molecule has 2 aromatic heterocycles. The SMILES string of the molecule is COc1cc2c(Oc3ccc4[nH]c(C)cc4c3F)ncnc2cc1OC[C@@H]1CCCN1C(=O)OC(C)(C)C. The van der Waals surface area contributed by atoms with Crippen molar-refractivity contribution in [1.29, 1.82) is 0 Å². The Balaban J connectivity index is 1.38. The Morgan fingerprint density at radius 1 is 1.13 bits per heavy atom. The van der Waals surface area contributed by atoms with Crippen LogP contribution in [0.25, 0.3) is 21.8 Å². The Kier molecular flexibility index (Phi) is 6.73. The van der Waals surface area contributed by atoms with Gasteiger partial charge in [-0.2, -0.15) is 0 Å². The maximum atomic E-state index is 15.1. The lowest BCUT2D eigenvalue weighted by Gasteiger charge is -2.28. The third-order valence-corrected chi connectivity index (χ3v) is 6.36. The molecule has 2 aromatic carbocycles. The van der Waals surface area contributed by atoms with Crippen molar-refractivity contribution < 1.29 is 28.1 Å². The second-order valence-corrected chi connectivity index (χ2v) is 10.4. The van der Waals surface area contributed by atoms with Gasteiger partial charge in [-0.25, -0.2) is 19.2 Å². The van der Waals surface area contributed by atoms with E-state index in [0.29, 0.717) is 39.8 Å². The van der Waals surface area contributed by atoms with E-state index in [1.807, 2.05) is 27.7 Å². The fourth-order valence-corrected chi connectivity index (χ4v) is 4.62. The number of nitrogens with zero attached hydrogens (tertiary/aromatic N) is 3. The maximum Gasteiger partial charge on any atom is 0.410 e. The van der Waals surface area contributed by atoms with Gasteiger partial charge in [0.2, 0.25) is 5.88 Å². The van der Waals surface area contributed by atoms with Crippen LogP contribution >= 0.6 is 0 Å².